The lowest BCUT2D eigenvalue weighted by molar-refractivity contribution is 0.0384. The summed E-state index contributed by atoms with van der Waals surface area (Å²) >= 11 is 5.53. The van der Waals surface area contributed by atoms with Gasteiger partial charge in [-0.05, 0) is 48.5 Å². The zero-order chi connectivity index (χ0) is 16.4. The number of para-hydroxylation sites is 2. The number of benzene rings is 2. The standard InChI is InChI=1S/C19H21N3OS/c24-19-20-17-6-1-2-7-18(17)22(19)16-5-3-4-15(14-16)8-9-21-10-12-23-13-11-21/h1-7,14H,8-13H2,(H,20,24). The summed E-state index contributed by atoms with van der Waals surface area (Å²) in [6.07, 6.45) is 1.05. The van der Waals surface area contributed by atoms with E-state index in [0.717, 1.165) is 60.8 Å². The van der Waals surface area contributed by atoms with Gasteiger partial charge in [0.2, 0.25) is 0 Å². The van der Waals surface area contributed by atoms with E-state index in [1.54, 1.807) is 0 Å². The molecule has 1 fully saturated rings. The molecule has 0 unspecified atom stereocenters. The molecule has 3 aromatic rings. The first-order valence-electron chi connectivity index (χ1n) is 8.40. The molecule has 0 aliphatic carbocycles. The van der Waals surface area contributed by atoms with E-state index in [9.17, 15) is 0 Å². The molecular weight excluding hydrogens is 318 g/mol. The van der Waals surface area contributed by atoms with E-state index in [0.29, 0.717) is 0 Å². The molecule has 0 radical (unpaired) electrons. The second kappa shape index (κ2) is 6.89. The number of H-pyrrole nitrogens is 1. The largest absolute Gasteiger partial charge is 0.379 e. The number of ether oxygens (including phenoxy) is 1. The Morgan fingerprint density at radius 3 is 2.75 bits per heavy atom. The van der Waals surface area contributed by atoms with E-state index in [4.69, 9.17) is 17.0 Å². The van der Waals surface area contributed by atoms with Crippen molar-refractivity contribution in [3.63, 3.8) is 0 Å². The van der Waals surface area contributed by atoms with Crippen LogP contribution in [0.4, 0.5) is 0 Å². The molecule has 1 aromatic heterocycles. The Kier molecular flexibility index (Phi) is 4.47. The molecule has 1 saturated heterocycles. The first-order chi connectivity index (χ1) is 11.8. The summed E-state index contributed by atoms with van der Waals surface area (Å²) in [5, 5.41) is 0. The topological polar surface area (TPSA) is 33.2 Å². The van der Waals surface area contributed by atoms with Crippen molar-refractivity contribution in [1.82, 2.24) is 14.5 Å². The summed E-state index contributed by atoms with van der Waals surface area (Å²) < 4.78 is 8.27. The van der Waals surface area contributed by atoms with E-state index in [1.165, 1.54) is 5.56 Å². The Morgan fingerprint density at radius 1 is 1.04 bits per heavy atom. The molecule has 0 bridgehead atoms. The predicted molar refractivity (Wildman–Crippen MR) is 99.4 cm³/mol. The fourth-order valence-electron chi connectivity index (χ4n) is 3.27. The average Bonchev–Trinajstić information content (AvgIpc) is 2.97. The summed E-state index contributed by atoms with van der Waals surface area (Å²) in [5.41, 5.74) is 4.65. The fourth-order valence-corrected chi connectivity index (χ4v) is 3.59. The molecule has 24 heavy (non-hydrogen) atoms. The summed E-state index contributed by atoms with van der Waals surface area (Å²) in [6, 6.07) is 16.9. The summed E-state index contributed by atoms with van der Waals surface area (Å²) in [4.78, 5) is 5.75. The highest BCUT2D eigenvalue weighted by molar-refractivity contribution is 7.71. The van der Waals surface area contributed by atoms with Crippen LogP contribution in [-0.4, -0.2) is 47.3 Å². The van der Waals surface area contributed by atoms with E-state index >= 15 is 0 Å². The lowest BCUT2D eigenvalue weighted by atomic mass is 10.1. The van der Waals surface area contributed by atoms with Crippen molar-refractivity contribution < 1.29 is 4.74 Å². The fraction of sp³-hybridized carbons (Fsp3) is 0.316. The third-order valence-electron chi connectivity index (χ3n) is 4.58. The van der Waals surface area contributed by atoms with Gasteiger partial charge < -0.3 is 9.72 Å². The van der Waals surface area contributed by atoms with Gasteiger partial charge in [0.05, 0.1) is 24.2 Å². The van der Waals surface area contributed by atoms with Crippen molar-refractivity contribution in [3.8, 4) is 5.69 Å². The number of aromatic amines is 1. The Balaban J connectivity index is 1.60. The van der Waals surface area contributed by atoms with Crippen molar-refractivity contribution in [2.45, 2.75) is 6.42 Å². The number of nitrogens with zero attached hydrogens (tertiary/aromatic N) is 2. The van der Waals surface area contributed by atoms with E-state index in [1.807, 2.05) is 12.1 Å². The molecule has 1 aliphatic heterocycles. The van der Waals surface area contributed by atoms with Gasteiger partial charge >= 0.3 is 0 Å². The van der Waals surface area contributed by atoms with Crippen LogP contribution in [0, 0.1) is 4.77 Å². The second-order valence-corrected chi connectivity index (χ2v) is 6.54. The van der Waals surface area contributed by atoms with E-state index in [2.05, 4.69) is 50.8 Å². The van der Waals surface area contributed by atoms with Crippen LogP contribution in [0.2, 0.25) is 0 Å². The number of aromatic nitrogens is 2. The highest BCUT2D eigenvalue weighted by atomic mass is 32.1. The Morgan fingerprint density at radius 2 is 1.88 bits per heavy atom. The zero-order valence-corrected chi connectivity index (χ0v) is 14.4. The SMILES string of the molecule is S=c1[nH]c2ccccc2n1-c1cccc(CCN2CCOCC2)c1. The molecule has 4 rings (SSSR count). The molecule has 2 aromatic carbocycles. The third kappa shape index (κ3) is 3.15. The lowest BCUT2D eigenvalue weighted by Crippen LogP contribution is -2.37. The van der Waals surface area contributed by atoms with Gasteiger partial charge in [-0.1, -0.05) is 24.3 Å². The molecule has 0 spiro atoms. The quantitative estimate of drug-likeness (QED) is 0.738. The number of morpholine rings is 1. The maximum Gasteiger partial charge on any atom is 0.182 e. The van der Waals surface area contributed by atoms with Gasteiger partial charge in [-0.2, -0.15) is 0 Å². The van der Waals surface area contributed by atoms with Crippen LogP contribution in [0.15, 0.2) is 48.5 Å². The third-order valence-corrected chi connectivity index (χ3v) is 4.86. The summed E-state index contributed by atoms with van der Waals surface area (Å²) in [7, 11) is 0. The molecule has 0 saturated carbocycles. The molecular formula is C19H21N3OS. The van der Waals surface area contributed by atoms with Crippen LogP contribution >= 0.6 is 12.2 Å². The number of imidazole rings is 1. The van der Waals surface area contributed by atoms with Gasteiger partial charge in [-0.3, -0.25) is 9.47 Å². The van der Waals surface area contributed by atoms with E-state index in [-0.39, 0.29) is 0 Å². The minimum absolute atomic E-state index is 0.738. The Labute approximate surface area is 146 Å². The minimum atomic E-state index is 0.738. The van der Waals surface area contributed by atoms with E-state index < -0.39 is 0 Å². The number of hydrogen-bond donors (Lipinski definition) is 1. The highest BCUT2D eigenvalue weighted by Crippen LogP contribution is 2.20. The zero-order valence-electron chi connectivity index (χ0n) is 13.6. The smallest absolute Gasteiger partial charge is 0.182 e. The van der Waals surface area contributed by atoms with Gasteiger partial charge in [0.1, 0.15) is 0 Å². The summed E-state index contributed by atoms with van der Waals surface area (Å²) in [5.74, 6) is 0. The molecule has 4 nitrogen and oxygen atoms in total. The maximum absolute atomic E-state index is 5.53. The Bertz CT molecular complexity index is 893. The van der Waals surface area contributed by atoms with Crippen LogP contribution < -0.4 is 0 Å². The highest BCUT2D eigenvalue weighted by Gasteiger charge is 2.11. The van der Waals surface area contributed by atoms with Gasteiger partial charge in [0, 0.05) is 25.3 Å². The lowest BCUT2D eigenvalue weighted by Gasteiger charge is -2.26. The number of rotatable bonds is 4. The van der Waals surface area contributed by atoms with Crippen molar-refractivity contribution in [2.75, 3.05) is 32.8 Å². The molecule has 0 atom stereocenters. The van der Waals surface area contributed by atoms with Crippen LogP contribution in [0.25, 0.3) is 16.7 Å². The van der Waals surface area contributed by atoms with Crippen LogP contribution in [0.3, 0.4) is 0 Å². The minimum Gasteiger partial charge on any atom is -0.379 e. The Hall–Kier alpha value is -1.95. The molecule has 2 heterocycles. The maximum atomic E-state index is 5.53. The average molecular weight is 339 g/mol. The first-order valence-corrected chi connectivity index (χ1v) is 8.81. The normalized spacial score (nSPS) is 15.8. The van der Waals surface area contributed by atoms with Gasteiger partial charge in [0.25, 0.3) is 0 Å². The van der Waals surface area contributed by atoms with Gasteiger partial charge in [0.15, 0.2) is 4.77 Å². The van der Waals surface area contributed by atoms with Crippen LogP contribution in [0.5, 0.6) is 0 Å². The first kappa shape index (κ1) is 15.6. The van der Waals surface area contributed by atoms with Crippen LogP contribution in [0.1, 0.15) is 5.56 Å². The number of hydrogen-bond acceptors (Lipinski definition) is 3. The molecule has 0 amide bonds. The molecule has 124 valence electrons. The molecule has 5 heteroatoms. The van der Waals surface area contributed by atoms with Crippen molar-refractivity contribution in [3.05, 3.63) is 58.9 Å². The number of nitrogens with one attached hydrogen (secondary N) is 1. The van der Waals surface area contributed by atoms with Gasteiger partial charge in [-0.25, -0.2) is 0 Å². The van der Waals surface area contributed by atoms with Crippen molar-refractivity contribution in [2.24, 2.45) is 0 Å². The second-order valence-electron chi connectivity index (χ2n) is 6.16. The predicted octanol–water partition coefficient (Wildman–Crippen LogP) is 3.56. The van der Waals surface area contributed by atoms with Crippen molar-refractivity contribution >= 4 is 23.3 Å². The number of fused-ring (bicyclic) bond motifs is 1. The molecule has 1 N–H and O–H groups in total. The van der Waals surface area contributed by atoms with Gasteiger partial charge in [-0.15, -0.1) is 0 Å². The molecule has 1 aliphatic rings. The monoisotopic (exact) mass is 339 g/mol. The van der Waals surface area contributed by atoms with Crippen LogP contribution in [-0.2, 0) is 11.2 Å². The summed E-state index contributed by atoms with van der Waals surface area (Å²) in [6.45, 7) is 4.85. The van der Waals surface area contributed by atoms with Crippen molar-refractivity contribution in [1.29, 1.82) is 0 Å².